The van der Waals surface area contributed by atoms with Crippen LogP contribution in [0.3, 0.4) is 0 Å². The van der Waals surface area contributed by atoms with Gasteiger partial charge in [0, 0.05) is 38.6 Å². The largest absolute Gasteiger partial charge is 0.452 e. The number of benzene rings is 1. The van der Waals surface area contributed by atoms with E-state index in [9.17, 15) is 9.59 Å². The third-order valence-electron chi connectivity index (χ3n) is 6.60. The minimum Gasteiger partial charge on any atom is -0.452 e. The van der Waals surface area contributed by atoms with Crippen molar-refractivity contribution in [1.29, 1.82) is 0 Å². The number of amides is 1. The van der Waals surface area contributed by atoms with Crippen molar-refractivity contribution in [3.05, 3.63) is 54.4 Å². The molecule has 7 heteroatoms. The molecule has 2 aromatic rings. The number of anilines is 1. The van der Waals surface area contributed by atoms with Gasteiger partial charge in [-0.05, 0) is 56.6 Å². The van der Waals surface area contributed by atoms with Crippen LogP contribution in [0.25, 0.3) is 0 Å². The molecule has 2 aliphatic heterocycles. The molecule has 3 heterocycles. The van der Waals surface area contributed by atoms with Crippen molar-refractivity contribution in [2.24, 2.45) is 11.8 Å². The van der Waals surface area contributed by atoms with E-state index in [0.29, 0.717) is 37.8 Å². The Morgan fingerprint density at radius 2 is 1.62 bits per heavy atom. The van der Waals surface area contributed by atoms with Crippen molar-refractivity contribution >= 4 is 17.8 Å². The van der Waals surface area contributed by atoms with Crippen LogP contribution < -0.4 is 4.90 Å². The van der Waals surface area contributed by atoms with Gasteiger partial charge in [-0.3, -0.25) is 9.59 Å². The average molecular weight is 437 g/mol. The molecule has 170 valence electrons. The predicted molar refractivity (Wildman–Crippen MR) is 122 cm³/mol. The third-order valence-corrected chi connectivity index (χ3v) is 6.60. The zero-order chi connectivity index (χ0) is 22.3. The minimum atomic E-state index is -0.733. The van der Waals surface area contributed by atoms with Crippen LogP contribution in [0.15, 0.2) is 48.8 Å². The maximum atomic E-state index is 12.8. The zero-order valence-electron chi connectivity index (χ0n) is 18.7. The van der Waals surface area contributed by atoms with Gasteiger partial charge in [-0.15, -0.1) is 0 Å². The molecule has 4 rings (SSSR count). The fourth-order valence-electron chi connectivity index (χ4n) is 4.65. The molecule has 1 amide bonds. The van der Waals surface area contributed by atoms with E-state index in [-0.39, 0.29) is 17.8 Å². The van der Waals surface area contributed by atoms with Crippen LogP contribution in [0.1, 0.15) is 38.2 Å². The van der Waals surface area contributed by atoms with Crippen molar-refractivity contribution in [3.8, 4) is 0 Å². The van der Waals surface area contributed by atoms with Crippen molar-refractivity contribution in [2.75, 3.05) is 31.1 Å². The summed E-state index contributed by atoms with van der Waals surface area (Å²) in [6.07, 6.45) is 7.11. The molecule has 0 radical (unpaired) electrons. The number of hydrogen-bond donors (Lipinski definition) is 0. The fourth-order valence-corrected chi connectivity index (χ4v) is 4.65. The summed E-state index contributed by atoms with van der Waals surface area (Å²) in [5.74, 6) is 0.767. The molecule has 1 aromatic carbocycles. The molecule has 0 bridgehead atoms. The number of rotatable bonds is 6. The molecular weight excluding hydrogens is 404 g/mol. The third kappa shape index (κ3) is 5.64. The molecule has 1 atom stereocenters. The van der Waals surface area contributed by atoms with Gasteiger partial charge in [0.05, 0.1) is 5.92 Å². The summed E-state index contributed by atoms with van der Waals surface area (Å²) in [4.78, 5) is 38.0. The average Bonchev–Trinajstić information content (AvgIpc) is 2.85. The maximum Gasteiger partial charge on any atom is 0.309 e. The number of ether oxygens (including phenoxy) is 1. The van der Waals surface area contributed by atoms with Crippen LogP contribution >= 0.6 is 0 Å². The van der Waals surface area contributed by atoms with Crippen LogP contribution in [0.2, 0.25) is 0 Å². The number of likely N-dealkylation sites (tertiary alicyclic amines) is 1. The molecule has 1 unspecified atom stereocenters. The Morgan fingerprint density at radius 3 is 2.28 bits per heavy atom. The quantitative estimate of drug-likeness (QED) is 0.648. The van der Waals surface area contributed by atoms with E-state index in [1.54, 1.807) is 25.4 Å². The number of carbonyl (C=O) groups is 2. The summed E-state index contributed by atoms with van der Waals surface area (Å²) >= 11 is 0. The first-order chi connectivity index (χ1) is 15.6. The maximum absolute atomic E-state index is 12.8. The number of aromatic nitrogens is 2. The van der Waals surface area contributed by atoms with Crippen molar-refractivity contribution < 1.29 is 14.3 Å². The van der Waals surface area contributed by atoms with Gasteiger partial charge in [0.1, 0.15) is 0 Å². The van der Waals surface area contributed by atoms with Crippen molar-refractivity contribution in [2.45, 2.75) is 45.1 Å². The first kappa shape index (κ1) is 22.2. The number of carbonyl (C=O) groups excluding carboxylic acids is 2. The summed E-state index contributed by atoms with van der Waals surface area (Å²) in [6.45, 7) is 4.58. The van der Waals surface area contributed by atoms with Crippen LogP contribution in [-0.2, 0) is 20.7 Å². The van der Waals surface area contributed by atoms with E-state index >= 15 is 0 Å². The fraction of sp³-hybridized carbons (Fsp3) is 0.520. The van der Waals surface area contributed by atoms with Gasteiger partial charge in [-0.25, -0.2) is 9.97 Å². The normalized spacial score (nSPS) is 18.9. The number of nitrogens with zero attached hydrogens (tertiary/aromatic N) is 4. The molecule has 1 aromatic heterocycles. The van der Waals surface area contributed by atoms with Gasteiger partial charge >= 0.3 is 5.97 Å². The lowest BCUT2D eigenvalue weighted by atomic mass is 9.90. The second-order valence-corrected chi connectivity index (χ2v) is 8.85. The van der Waals surface area contributed by atoms with Gasteiger partial charge in [0.15, 0.2) is 6.10 Å². The first-order valence-electron chi connectivity index (χ1n) is 11.7. The van der Waals surface area contributed by atoms with Gasteiger partial charge < -0.3 is 14.5 Å². The van der Waals surface area contributed by atoms with Crippen molar-refractivity contribution in [3.63, 3.8) is 0 Å². The molecular formula is C25H32N4O3. The number of piperidine rings is 2. The summed E-state index contributed by atoms with van der Waals surface area (Å²) < 4.78 is 5.59. The van der Waals surface area contributed by atoms with E-state index in [1.807, 2.05) is 11.0 Å². The summed E-state index contributed by atoms with van der Waals surface area (Å²) in [6, 6.07) is 12.3. The molecule has 7 nitrogen and oxygen atoms in total. The lowest BCUT2D eigenvalue weighted by Gasteiger charge is -2.34. The molecule has 2 fully saturated rings. The minimum absolute atomic E-state index is 0.0772. The van der Waals surface area contributed by atoms with Crippen LogP contribution in [0.4, 0.5) is 5.95 Å². The Hall–Kier alpha value is -2.96. The van der Waals surface area contributed by atoms with E-state index in [2.05, 4.69) is 39.1 Å². The summed E-state index contributed by atoms with van der Waals surface area (Å²) in [5.41, 5.74) is 1.35. The molecule has 0 spiro atoms. The topological polar surface area (TPSA) is 75.6 Å². The zero-order valence-corrected chi connectivity index (χ0v) is 18.7. The van der Waals surface area contributed by atoms with Gasteiger partial charge in [0.2, 0.25) is 5.95 Å². The van der Waals surface area contributed by atoms with Crippen LogP contribution in [0.5, 0.6) is 0 Å². The SMILES string of the molecule is CC(OC(=O)C1CCN(c2ncccn2)CC1)C(=O)N1CCC(Cc2ccccc2)CC1. The first-order valence-corrected chi connectivity index (χ1v) is 11.7. The monoisotopic (exact) mass is 436 g/mol. The summed E-state index contributed by atoms with van der Waals surface area (Å²) in [7, 11) is 0. The predicted octanol–water partition coefficient (Wildman–Crippen LogP) is 3.11. The highest BCUT2D eigenvalue weighted by Crippen LogP contribution is 2.24. The highest BCUT2D eigenvalue weighted by molar-refractivity contribution is 5.84. The van der Waals surface area contributed by atoms with Gasteiger partial charge in [-0.1, -0.05) is 30.3 Å². The van der Waals surface area contributed by atoms with E-state index in [4.69, 9.17) is 4.74 Å². The molecule has 0 N–H and O–H groups in total. The lowest BCUT2D eigenvalue weighted by molar-refractivity contribution is -0.163. The Bertz CT molecular complexity index is 877. The number of esters is 1. The van der Waals surface area contributed by atoms with Crippen molar-refractivity contribution in [1.82, 2.24) is 14.9 Å². The van der Waals surface area contributed by atoms with E-state index in [0.717, 1.165) is 32.4 Å². The smallest absolute Gasteiger partial charge is 0.309 e. The molecule has 0 aliphatic carbocycles. The van der Waals surface area contributed by atoms with Crippen LogP contribution in [-0.4, -0.2) is 59.0 Å². The second kappa shape index (κ2) is 10.6. The standard InChI is InChI=1S/C25H32N4O3/c1-19(23(30)28-14-8-21(9-15-28)18-20-6-3-2-4-7-20)32-24(31)22-10-16-29(17-11-22)25-26-12-5-13-27-25/h2-7,12-13,19,21-22H,8-11,14-18H2,1H3. The Balaban J connectivity index is 1.20. The van der Waals surface area contributed by atoms with E-state index < -0.39 is 6.10 Å². The molecule has 2 aliphatic rings. The highest BCUT2D eigenvalue weighted by Gasteiger charge is 2.32. The van der Waals surface area contributed by atoms with Gasteiger partial charge in [-0.2, -0.15) is 0 Å². The molecule has 0 saturated carbocycles. The summed E-state index contributed by atoms with van der Waals surface area (Å²) in [5, 5.41) is 0. The Morgan fingerprint density at radius 1 is 0.969 bits per heavy atom. The molecule has 32 heavy (non-hydrogen) atoms. The Kier molecular flexibility index (Phi) is 7.35. The highest BCUT2D eigenvalue weighted by atomic mass is 16.5. The molecule has 2 saturated heterocycles. The van der Waals surface area contributed by atoms with Crippen LogP contribution in [0, 0.1) is 11.8 Å². The number of hydrogen-bond acceptors (Lipinski definition) is 6. The lowest BCUT2D eigenvalue weighted by Crippen LogP contribution is -2.45. The Labute approximate surface area is 189 Å². The van der Waals surface area contributed by atoms with Gasteiger partial charge in [0.25, 0.3) is 5.91 Å². The van der Waals surface area contributed by atoms with E-state index in [1.165, 1.54) is 5.56 Å². The second-order valence-electron chi connectivity index (χ2n) is 8.85.